The van der Waals surface area contributed by atoms with Crippen molar-refractivity contribution in [2.24, 2.45) is 0 Å². The summed E-state index contributed by atoms with van der Waals surface area (Å²) >= 11 is 1.74. The van der Waals surface area contributed by atoms with E-state index in [0.29, 0.717) is 0 Å². The molecule has 0 fully saturated rings. The van der Waals surface area contributed by atoms with Crippen LogP contribution in [0.4, 0.5) is 0 Å². The van der Waals surface area contributed by atoms with Crippen molar-refractivity contribution in [1.29, 1.82) is 0 Å². The molecule has 0 unspecified atom stereocenters. The Morgan fingerprint density at radius 1 is 0.833 bits per heavy atom. The van der Waals surface area contributed by atoms with E-state index in [1.54, 1.807) is 11.8 Å². The summed E-state index contributed by atoms with van der Waals surface area (Å²) in [6, 6.07) is 31.3. The van der Waals surface area contributed by atoms with Crippen molar-refractivity contribution in [2.75, 3.05) is 0 Å². The zero-order valence-electron chi connectivity index (χ0n) is 24.8. The van der Waals surface area contributed by atoms with Crippen LogP contribution < -0.4 is 10.7 Å². The number of rotatable bonds is 7. The van der Waals surface area contributed by atoms with Crippen LogP contribution in [0.3, 0.4) is 0 Å². The molecule has 2 nitrogen and oxygen atoms in total. The van der Waals surface area contributed by atoms with Crippen LogP contribution in [0.5, 0.6) is 0 Å². The van der Waals surface area contributed by atoms with Crippen molar-refractivity contribution in [3.8, 4) is 11.4 Å². The van der Waals surface area contributed by atoms with Gasteiger partial charge in [-0.05, 0) is 67.2 Å². The number of benzene rings is 3. The number of thioether (sulfide) groups is 1. The van der Waals surface area contributed by atoms with E-state index in [2.05, 4.69) is 123 Å². The Bertz CT molecular complexity index is 1880. The standard InChI is InChI=1S/C39H36N2S/c1-7-18-35(28(4)26-34(32-21-14-10-15-22-32)25-27(3)31-19-12-9-13-20-31)38-29(5)41-37(30(6)42-38)36(8-2)40-39(41)33-23-16-11-17-24-33/h7-26H,4-5H2,1-3,6H3/b18-7-,27-25+,34-26+,36-8+,38-35-. The zero-order valence-corrected chi connectivity index (χ0v) is 25.6. The zero-order chi connectivity index (χ0) is 29.6. The van der Waals surface area contributed by atoms with Crippen molar-refractivity contribution >= 4 is 39.6 Å². The molecule has 0 atom stereocenters. The molecule has 4 aromatic rings. The smallest absolute Gasteiger partial charge is 0.145 e. The molecule has 1 aliphatic heterocycles. The summed E-state index contributed by atoms with van der Waals surface area (Å²) in [6.45, 7) is 17.6. The van der Waals surface area contributed by atoms with E-state index in [0.717, 1.165) is 55.0 Å². The molecule has 5 rings (SSSR count). The number of hydrogen-bond acceptors (Lipinski definition) is 2. The maximum absolute atomic E-state index is 5.05. The maximum atomic E-state index is 5.05. The predicted octanol–water partition coefficient (Wildman–Crippen LogP) is 9.27. The second-order valence-electron chi connectivity index (χ2n) is 10.2. The molecular formula is C39H36N2S. The Hall–Kier alpha value is -4.60. The van der Waals surface area contributed by atoms with Crippen molar-refractivity contribution < 1.29 is 0 Å². The maximum Gasteiger partial charge on any atom is 0.145 e. The van der Waals surface area contributed by atoms with Crippen LogP contribution >= 0.6 is 11.8 Å². The van der Waals surface area contributed by atoms with Gasteiger partial charge in [0.2, 0.25) is 0 Å². The van der Waals surface area contributed by atoms with Gasteiger partial charge in [0, 0.05) is 15.4 Å². The normalized spacial score (nSPS) is 15.8. The third kappa shape index (κ3) is 5.88. The molecular weight excluding hydrogens is 529 g/mol. The molecule has 0 bridgehead atoms. The summed E-state index contributed by atoms with van der Waals surface area (Å²) in [6.07, 6.45) is 10.7. The fourth-order valence-corrected chi connectivity index (χ4v) is 6.33. The van der Waals surface area contributed by atoms with Gasteiger partial charge < -0.3 is 0 Å². The van der Waals surface area contributed by atoms with E-state index in [1.807, 2.05) is 44.2 Å². The van der Waals surface area contributed by atoms with E-state index in [9.17, 15) is 0 Å². The van der Waals surface area contributed by atoms with Crippen LogP contribution in [0.25, 0.3) is 39.2 Å². The summed E-state index contributed by atoms with van der Waals surface area (Å²) in [7, 11) is 0. The van der Waals surface area contributed by atoms with Crippen LogP contribution in [-0.4, -0.2) is 9.55 Å². The first kappa shape index (κ1) is 28.9. The summed E-state index contributed by atoms with van der Waals surface area (Å²) in [5.74, 6) is 0.897. The topological polar surface area (TPSA) is 17.8 Å². The Morgan fingerprint density at radius 3 is 2.02 bits per heavy atom. The van der Waals surface area contributed by atoms with Gasteiger partial charge in [-0.1, -0.05) is 140 Å². The summed E-state index contributed by atoms with van der Waals surface area (Å²) < 4.78 is 2.21. The summed E-state index contributed by atoms with van der Waals surface area (Å²) in [5, 5.41) is 2.07. The van der Waals surface area contributed by atoms with Gasteiger partial charge in [0.25, 0.3) is 0 Å². The van der Waals surface area contributed by atoms with Gasteiger partial charge >= 0.3 is 0 Å². The number of hydrogen-bond donors (Lipinski definition) is 0. The lowest BCUT2D eigenvalue weighted by Gasteiger charge is -2.23. The number of imidazole rings is 1. The lowest BCUT2D eigenvalue weighted by Crippen LogP contribution is -2.33. The third-order valence-corrected chi connectivity index (χ3v) is 8.45. The van der Waals surface area contributed by atoms with Gasteiger partial charge in [-0.3, -0.25) is 4.57 Å². The number of nitrogens with zero attached hydrogens (tertiary/aromatic N) is 2. The Morgan fingerprint density at radius 2 is 1.43 bits per heavy atom. The van der Waals surface area contributed by atoms with E-state index in [1.165, 1.54) is 16.0 Å². The Labute approximate surface area is 253 Å². The van der Waals surface area contributed by atoms with Gasteiger partial charge in [0.15, 0.2) is 0 Å². The summed E-state index contributed by atoms with van der Waals surface area (Å²) in [4.78, 5) is 7.30. The van der Waals surface area contributed by atoms with E-state index in [4.69, 9.17) is 4.98 Å². The highest BCUT2D eigenvalue weighted by Gasteiger charge is 2.24. The molecule has 42 heavy (non-hydrogen) atoms. The molecule has 1 aliphatic rings. The second kappa shape index (κ2) is 12.9. The van der Waals surface area contributed by atoms with Crippen LogP contribution in [0.2, 0.25) is 0 Å². The number of aromatic nitrogens is 2. The highest BCUT2D eigenvalue weighted by molar-refractivity contribution is 8.11. The number of allylic oxidation sites excluding steroid dienone is 9. The van der Waals surface area contributed by atoms with E-state index >= 15 is 0 Å². The first-order chi connectivity index (χ1) is 20.4. The number of fused-ring (bicyclic) bond motifs is 1. The second-order valence-corrected chi connectivity index (χ2v) is 11.4. The van der Waals surface area contributed by atoms with Gasteiger partial charge in [0.05, 0.1) is 16.4 Å². The monoisotopic (exact) mass is 564 g/mol. The highest BCUT2D eigenvalue weighted by atomic mass is 32.2. The molecule has 0 N–H and O–H groups in total. The van der Waals surface area contributed by atoms with Gasteiger partial charge in [-0.15, -0.1) is 0 Å². The fraction of sp³-hybridized carbons (Fsp3) is 0.103. The molecule has 1 aromatic heterocycles. The molecule has 2 heterocycles. The van der Waals surface area contributed by atoms with Crippen molar-refractivity contribution in [2.45, 2.75) is 27.7 Å². The van der Waals surface area contributed by atoms with Gasteiger partial charge in [0.1, 0.15) is 5.82 Å². The lowest BCUT2D eigenvalue weighted by atomic mass is 9.95. The fourth-order valence-electron chi connectivity index (χ4n) is 5.21. The summed E-state index contributed by atoms with van der Waals surface area (Å²) in [5.41, 5.74) is 8.57. The van der Waals surface area contributed by atoms with Crippen LogP contribution in [0.1, 0.15) is 38.8 Å². The van der Waals surface area contributed by atoms with Crippen molar-refractivity contribution in [3.05, 3.63) is 166 Å². The Balaban J connectivity index is 1.67. The average molecular weight is 565 g/mol. The molecule has 0 saturated carbocycles. The van der Waals surface area contributed by atoms with Crippen molar-refractivity contribution in [3.63, 3.8) is 0 Å². The first-order valence-corrected chi connectivity index (χ1v) is 15.0. The first-order valence-electron chi connectivity index (χ1n) is 14.2. The third-order valence-electron chi connectivity index (χ3n) is 7.29. The minimum atomic E-state index is 0.897. The van der Waals surface area contributed by atoms with Gasteiger partial charge in [-0.25, -0.2) is 4.98 Å². The van der Waals surface area contributed by atoms with Crippen LogP contribution in [-0.2, 0) is 0 Å². The van der Waals surface area contributed by atoms with E-state index in [-0.39, 0.29) is 0 Å². The van der Waals surface area contributed by atoms with Crippen LogP contribution in [0, 0.1) is 0 Å². The molecule has 3 heteroatoms. The molecule has 0 radical (unpaired) electrons. The van der Waals surface area contributed by atoms with Gasteiger partial charge in [-0.2, -0.15) is 0 Å². The van der Waals surface area contributed by atoms with Crippen molar-refractivity contribution in [1.82, 2.24) is 9.55 Å². The van der Waals surface area contributed by atoms with E-state index < -0.39 is 0 Å². The molecule has 0 saturated heterocycles. The Kier molecular flexibility index (Phi) is 8.90. The molecule has 0 aliphatic carbocycles. The quantitative estimate of drug-likeness (QED) is 0.208. The molecule has 0 spiro atoms. The molecule has 208 valence electrons. The minimum Gasteiger partial charge on any atom is -0.291 e. The highest BCUT2D eigenvalue weighted by Crippen LogP contribution is 2.41. The average Bonchev–Trinajstić information content (AvgIpc) is 3.43. The lowest BCUT2D eigenvalue weighted by molar-refractivity contribution is 1.06. The largest absolute Gasteiger partial charge is 0.291 e. The van der Waals surface area contributed by atoms with Crippen LogP contribution in [0.15, 0.2) is 145 Å². The predicted molar refractivity (Wildman–Crippen MR) is 185 cm³/mol. The minimum absolute atomic E-state index is 0.897. The molecule has 3 aromatic carbocycles. The SMILES string of the molecule is C=C(/C=C(\C=C(/C)c1ccccc1)c1ccccc1)C(/C=C\C)=C1\SC(C)=c2/c(=C\C)nc(-c3ccccc3)n2C1=C. The molecule has 0 amide bonds.